The number of hydrogen-bond donors (Lipinski definition) is 0. The molecule has 0 bridgehead atoms. The fourth-order valence-electron chi connectivity index (χ4n) is 3.86. The molecule has 71 heavy (non-hydrogen) atoms. The molecule has 1 rings (SSSR count). The van der Waals surface area contributed by atoms with Gasteiger partial charge in [0.15, 0.2) is 0 Å². The number of rotatable bonds is 22. The average Bonchev–Trinajstić information content (AvgIpc) is 3.17. The Morgan fingerprint density at radius 2 is 0.746 bits per heavy atom. The van der Waals surface area contributed by atoms with Gasteiger partial charge < -0.3 is 18.9 Å². The second kappa shape index (κ2) is 20.3. The van der Waals surface area contributed by atoms with Crippen molar-refractivity contribution in [1.29, 1.82) is 0 Å². The van der Waals surface area contributed by atoms with E-state index in [2.05, 4.69) is 25.5 Å². The molecule has 1 aromatic carbocycles. The zero-order chi connectivity index (χ0) is 56.5. The maximum absolute atomic E-state index is 15.0. The van der Waals surface area contributed by atoms with Gasteiger partial charge in [0.2, 0.25) is 0 Å². The van der Waals surface area contributed by atoms with Gasteiger partial charge in [0, 0.05) is 6.08 Å². The predicted molar refractivity (Wildman–Crippen MR) is 158 cm³/mol. The highest BCUT2D eigenvalue weighted by molar-refractivity contribution is 5.95. The molecule has 0 spiro atoms. The summed E-state index contributed by atoms with van der Waals surface area (Å²) in [5.41, 5.74) is -8.27. The van der Waals surface area contributed by atoms with Crippen molar-refractivity contribution in [2.24, 2.45) is 0 Å². The molecule has 5 unspecified atom stereocenters. The molecular weight excluding hydrogens is 1100 g/mol. The van der Waals surface area contributed by atoms with Crippen molar-refractivity contribution in [1.82, 2.24) is 0 Å². The number of benzene rings is 1. The van der Waals surface area contributed by atoms with Crippen LogP contribution in [0.5, 0.6) is 0 Å². The van der Waals surface area contributed by atoms with E-state index in [1.807, 2.05) is 0 Å². The lowest BCUT2D eigenvalue weighted by Crippen LogP contribution is -2.72. The van der Waals surface area contributed by atoms with E-state index >= 15 is 0 Å². The minimum Gasteiger partial charge on any atom is -0.459 e. The first-order chi connectivity index (χ1) is 31.2. The average molecular weight is 1110 g/mol. The molecule has 0 amide bonds. The number of carbonyl (C=O) groups is 4. The first-order valence-corrected chi connectivity index (χ1v) is 16.7. The molecule has 410 valence electrons. The van der Waals surface area contributed by atoms with Crippen molar-refractivity contribution in [3.8, 4) is 0 Å². The Hall–Kier alpha value is -5.28. The molecule has 0 aliphatic rings. The second-order valence-corrected chi connectivity index (χ2v) is 12.7. The lowest BCUT2D eigenvalue weighted by Gasteiger charge is -2.44. The summed E-state index contributed by atoms with van der Waals surface area (Å²) in [6, 6.07) is 3.16. The van der Waals surface area contributed by atoms with Crippen molar-refractivity contribution in [2.75, 3.05) is 26.4 Å². The number of esters is 4. The minimum absolute atomic E-state index is 0.535. The van der Waals surface area contributed by atoms with Crippen LogP contribution >= 0.6 is 0 Å². The maximum Gasteiger partial charge on any atom is 0.460 e. The Balaban J connectivity index is 3.64. The molecule has 40 heteroatoms. The van der Waals surface area contributed by atoms with E-state index in [0.717, 1.165) is 27.7 Å². The fraction of sp³-hybridized carbons (Fsp3) is 0.613. The molecule has 0 heterocycles. The molecule has 0 radical (unpaired) electrons. The molecule has 12 nitrogen and oxygen atoms in total. The first kappa shape index (κ1) is 63.7. The van der Waals surface area contributed by atoms with E-state index in [4.69, 9.17) is 0 Å². The zero-order valence-corrected chi connectivity index (χ0v) is 32.9. The van der Waals surface area contributed by atoms with E-state index in [-0.39, 0.29) is 0 Å². The Bertz CT molecular complexity index is 2080. The van der Waals surface area contributed by atoms with Crippen LogP contribution in [0.2, 0.25) is 0 Å². The molecule has 5 atom stereocenters. The normalized spacial score (nSPS) is 18.1. The Morgan fingerprint density at radius 3 is 1.06 bits per heavy atom. The first-order valence-electron chi connectivity index (χ1n) is 16.7. The number of hydrogen-bond acceptors (Lipinski definition) is 12. The highest BCUT2D eigenvalue weighted by Gasteiger charge is 2.90. The number of alkyl halides is 28. The van der Waals surface area contributed by atoms with Crippen LogP contribution in [0.25, 0.3) is 0 Å². The third kappa shape index (κ3) is 13.0. The summed E-state index contributed by atoms with van der Waals surface area (Å²) in [6.45, 7) is -3.77. The summed E-state index contributed by atoms with van der Waals surface area (Å²) < 4.78 is 409. The Morgan fingerprint density at radius 1 is 0.437 bits per heavy atom. The summed E-state index contributed by atoms with van der Waals surface area (Å²) in [5, 5.41) is 0. The quantitative estimate of drug-likeness (QED) is 0.0359. The molecule has 0 aliphatic carbocycles. The predicted octanol–water partition coefficient (Wildman–Crippen LogP) is 9.91. The third-order valence-corrected chi connectivity index (χ3v) is 7.61. The summed E-state index contributed by atoms with van der Waals surface area (Å²) in [7, 11) is 0. The van der Waals surface area contributed by atoms with Crippen LogP contribution in [0.4, 0.5) is 123 Å². The summed E-state index contributed by atoms with van der Waals surface area (Å²) in [4.78, 5) is 47.2. The van der Waals surface area contributed by atoms with Crippen molar-refractivity contribution in [3.05, 3.63) is 48.0 Å². The fourth-order valence-corrected chi connectivity index (χ4v) is 3.86. The maximum atomic E-state index is 15.0. The smallest absolute Gasteiger partial charge is 0.459 e. The van der Waals surface area contributed by atoms with Crippen molar-refractivity contribution in [2.45, 2.75) is 91.3 Å². The van der Waals surface area contributed by atoms with E-state index in [1.54, 1.807) is 4.74 Å². The van der Waals surface area contributed by atoms with Crippen LogP contribution in [0, 0.1) is 0 Å². The van der Waals surface area contributed by atoms with Crippen molar-refractivity contribution in [3.63, 3.8) is 0 Å². The van der Waals surface area contributed by atoms with Crippen molar-refractivity contribution >= 4 is 23.9 Å². The van der Waals surface area contributed by atoms with Crippen LogP contribution in [0.3, 0.4) is 0 Å². The number of ether oxygens (including phenoxy) is 8. The second-order valence-electron chi connectivity index (χ2n) is 12.7. The van der Waals surface area contributed by atoms with Crippen LogP contribution in [0.1, 0.15) is 27.6 Å². The lowest BCUT2D eigenvalue weighted by molar-refractivity contribution is -0.590. The van der Waals surface area contributed by atoms with Crippen molar-refractivity contribution < 1.29 is 180 Å². The van der Waals surface area contributed by atoms with Gasteiger partial charge >= 0.3 is 103 Å². The summed E-state index contributed by atoms with van der Waals surface area (Å²) in [5.74, 6) is -43.0. The van der Waals surface area contributed by atoms with Crippen LogP contribution < -0.4 is 0 Å². The molecular formula is C31H18F28O12. The highest BCUT2D eigenvalue weighted by Crippen LogP contribution is 2.61. The lowest BCUT2D eigenvalue weighted by atomic mass is 10.1. The zero-order valence-electron chi connectivity index (χ0n) is 32.9. The Labute approximate surface area is 370 Å². The van der Waals surface area contributed by atoms with E-state index in [9.17, 15) is 142 Å². The molecule has 0 N–H and O–H groups in total. The highest BCUT2D eigenvalue weighted by atomic mass is 19.4. The SMILES string of the molecule is C=CC(=O)OCCOC(=O)c1cccc(C(=O)OCCOC(=O)C(F)(OC(F)(F)C(F)(OC(F)(F)C(F)(OC(F)(F)C(F)(OC(F)(F)C(C)(F)C(F)(F)F)C(F)(F)F)C(F)(F)F)C(F)(F)F)C(F)(F)F)c1. The van der Waals surface area contributed by atoms with Gasteiger partial charge in [-0.05, 0) is 25.1 Å². The number of halogens is 28. The van der Waals surface area contributed by atoms with E-state index in [0.29, 0.717) is 12.1 Å². The van der Waals surface area contributed by atoms with E-state index in [1.165, 1.54) is 4.74 Å². The molecule has 0 saturated heterocycles. The summed E-state index contributed by atoms with van der Waals surface area (Å²) >= 11 is 0. The minimum atomic E-state index is -9.26. The third-order valence-electron chi connectivity index (χ3n) is 7.61. The van der Waals surface area contributed by atoms with Crippen LogP contribution in [-0.4, -0.2) is 135 Å². The van der Waals surface area contributed by atoms with Gasteiger partial charge in [0.1, 0.15) is 26.4 Å². The molecule has 0 fully saturated rings. The monoisotopic (exact) mass is 1110 g/mol. The summed E-state index contributed by atoms with van der Waals surface area (Å²) in [6.07, 6.45) is -75.9. The van der Waals surface area contributed by atoms with Gasteiger partial charge in [0.05, 0.1) is 11.1 Å². The largest absolute Gasteiger partial charge is 0.460 e. The molecule has 1 aromatic rings. The van der Waals surface area contributed by atoms with Gasteiger partial charge in [0.25, 0.3) is 5.67 Å². The van der Waals surface area contributed by atoms with Gasteiger partial charge in [-0.25, -0.2) is 23.6 Å². The molecule has 0 aromatic heterocycles. The number of carbonyl (C=O) groups excluding carboxylic acids is 4. The van der Waals surface area contributed by atoms with Gasteiger partial charge in [-0.2, -0.15) is 119 Å². The van der Waals surface area contributed by atoms with Crippen LogP contribution in [-0.2, 0) is 47.5 Å². The molecule has 0 saturated carbocycles. The Kier molecular flexibility index (Phi) is 18.2. The van der Waals surface area contributed by atoms with E-state index < -0.39 is 153 Å². The molecule has 0 aliphatic heterocycles. The standard InChI is InChI=1S/C31H18F28O12/c1-3-14(60)64-7-8-65-15(61)12-5-4-6-13(11-12)16(62)66-9-10-67-17(63)19(33,24(40,41)42)68-29(54,55)20(34,25(43,44)45)70-31(58,59)22(36,27(49,50)51)71-30(56,57)21(35,26(46,47)48)69-28(52,53)18(2,32)23(37,38)39/h3-6,11H,1,7-10H2,2H3. The van der Waals surface area contributed by atoms with Gasteiger partial charge in [-0.1, -0.05) is 12.6 Å². The van der Waals surface area contributed by atoms with Gasteiger partial charge in [-0.3, -0.25) is 18.9 Å². The van der Waals surface area contributed by atoms with Crippen LogP contribution in [0.15, 0.2) is 36.9 Å². The topological polar surface area (TPSA) is 142 Å². The van der Waals surface area contributed by atoms with Gasteiger partial charge in [-0.15, -0.1) is 0 Å².